The van der Waals surface area contributed by atoms with E-state index in [1.807, 2.05) is 0 Å². The first-order valence-electron chi connectivity index (χ1n) is 26.0. The van der Waals surface area contributed by atoms with E-state index >= 15 is 0 Å². The number of nitrogens with zero attached hydrogens (tertiary/aromatic N) is 4. The van der Waals surface area contributed by atoms with E-state index in [0.29, 0.717) is 0 Å². The summed E-state index contributed by atoms with van der Waals surface area (Å²) in [5.74, 6) is 0. The minimum Gasteiger partial charge on any atom is -0.310 e. The van der Waals surface area contributed by atoms with Gasteiger partial charge in [-0.3, -0.25) is 0 Å². The van der Waals surface area contributed by atoms with Crippen LogP contribution in [-0.4, -0.2) is 9.13 Å². The molecule has 76 heavy (non-hydrogen) atoms. The molecule has 0 N–H and O–H groups in total. The van der Waals surface area contributed by atoms with E-state index in [1.165, 1.54) is 54.7 Å². The Balaban J connectivity index is 0.876. The summed E-state index contributed by atoms with van der Waals surface area (Å²) in [7, 11) is 0. The number of rotatable bonds is 11. The van der Waals surface area contributed by atoms with Crippen LogP contribution in [0.2, 0.25) is 0 Å². The van der Waals surface area contributed by atoms with Crippen LogP contribution in [0.3, 0.4) is 0 Å². The van der Waals surface area contributed by atoms with E-state index in [-0.39, 0.29) is 0 Å². The van der Waals surface area contributed by atoms with Gasteiger partial charge in [0.1, 0.15) is 0 Å². The molecule has 0 unspecified atom stereocenters. The number of para-hydroxylation sites is 6. The van der Waals surface area contributed by atoms with E-state index in [1.54, 1.807) is 0 Å². The summed E-state index contributed by atoms with van der Waals surface area (Å²) in [5.41, 5.74) is 20.5. The van der Waals surface area contributed by atoms with Crippen molar-refractivity contribution >= 4 is 77.7 Å². The molecule has 358 valence electrons. The van der Waals surface area contributed by atoms with Crippen molar-refractivity contribution in [2.75, 3.05) is 9.80 Å². The Morgan fingerprint density at radius 3 is 0.934 bits per heavy atom. The molecule has 4 nitrogen and oxygen atoms in total. The molecule has 2 heterocycles. The minimum atomic E-state index is 1.07. The van der Waals surface area contributed by atoms with Crippen LogP contribution in [0.5, 0.6) is 0 Å². The minimum absolute atomic E-state index is 1.07. The maximum absolute atomic E-state index is 2.42. The standard InChI is InChI=1S/C72H50N4/c1-5-21-53(22-6-1)61-29-13-17-33-67(61)73(59-45-47-71-65(49-59)63-31-15-19-35-69(63)75(71)55-25-9-3-10-26-55)57-41-37-51(38-42-57)52-39-43-58(44-40-52)74(68-34-18-14-30-62(68)54-23-7-2-8-24-54)60-46-48-72-66(50-60)64-32-16-20-36-70(64)76(72)56-27-11-4-12-28-56/h1-50H. The Morgan fingerprint density at radius 2 is 0.526 bits per heavy atom. The highest BCUT2D eigenvalue weighted by Gasteiger charge is 2.23. The van der Waals surface area contributed by atoms with Gasteiger partial charge in [0.2, 0.25) is 0 Å². The normalized spacial score (nSPS) is 11.4. The van der Waals surface area contributed by atoms with Gasteiger partial charge in [0.05, 0.1) is 33.4 Å². The molecular weight excluding hydrogens is 921 g/mol. The van der Waals surface area contributed by atoms with Gasteiger partial charge in [-0.2, -0.15) is 0 Å². The molecule has 0 amide bonds. The molecule has 0 aliphatic heterocycles. The largest absolute Gasteiger partial charge is 0.310 e. The second kappa shape index (κ2) is 19.0. The summed E-state index contributed by atoms with van der Waals surface area (Å²) in [6.07, 6.45) is 0. The average molecular weight is 971 g/mol. The Hall–Kier alpha value is -10.2. The third-order valence-corrected chi connectivity index (χ3v) is 14.9. The molecule has 0 spiro atoms. The van der Waals surface area contributed by atoms with Gasteiger partial charge < -0.3 is 18.9 Å². The molecule has 0 aliphatic carbocycles. The first-order chi connectivity index (χ1) is 37.7. The van der Waals surface area contributed by atoms with Crippen LogP contribution in [0.1, 0.15) is 0 Å². The predicted octanol–water partition coefficient (Wildman–Crippen LogP) is 19.8. The Labute approximate surface area is 442 Å². The monoisotopic (exact) mass is 970 g/mol. The van der Waals surface area contributed by atoms with Crippen LogP contribution in [0.4, 0.5) is 34.1 Å². The molecule has 2 aromatic heterocycles. The van der Waals surface area contributed by atoms with Crippen molar-refractivity contribution < 1.29 is 0 Å². The summed E-state index contributed by atoms with van der Waals surface area (Å²) in [6.45, 7) is 0. The smallest absolute Gasteiger partial charge is 0.0542 e. The van der Waals surface area contributed by atoms with Crippen molar-refractivity contribution in [3.63, 3.8) is 0 Å². The molecule has 12 aromatic carbocycles. The lowest BCUT2D eigenvalue weighted by molar-refractivity contribution is 1.18. The van der Waals surface area contributed by atoms with Gasteiger partial charge in [0.25, 0.3) is 0 Å². The van der Waals surface area contributed by atoms with Crippen LogP contribution in [-0.2, 0) is 0 Å². The van der Waals surface area contributed by atoms with Gasteiger partial charge in [-0.25, -0.2) is 0 Å². The van der Waals surface area contributed by atoms with Crippen molar-refractivity contribution in [2.45, 2.75) is 0 Å². The number of hydrogen-bond acceptors (Lipinski definition) is 2. The van der Waals surface area contributed by atoms with Gasteiger partial charge >= 0.3 is 0 Å². The molecule has 0 saturated carbocycles. The Bertz CT molecular complexity index is 4080. The van der Waals surface area contributed by atoms with Crippen molar-refractivity contribution in [3.05, 3.63) is 303 Å². The number of aromatic nitrogens is 2. The number of anilines is 6. The molecule has 0 saturated heterocycles. The van der Waals surface area contributed by atoms with Gasteiger partial charge in [-0.15, -0.1) is 0 Å². The second-order valence-corrected chi connectivity index (χ2v) is 19.3. The molecule has 0 bridgehead atoms. The van der Waals surface area contributed by atoms with Crippen LogP contribution >= 0.6 is 0 Å². The van der Waals surface area contributed by atoms with E-state index < -0.39 is 0 Å². The van der Waals surface area contributed by atoms with E-state index in [2.05, 4.69) is 322 Å². The molecule has 14 aromatic rings. The fraction of sp³-hybridized carbons (Fsp3) is 0. The average Bonchev–Trinajstić information content (AvgIpc) is 4.09. The van der Waals surface area contributed by atoms with Crippen LogP contribution in [0.25, 0.3) is 88.4 Å². The number of benzene rings is 12. The van der Waals surface area contributed by atoms with E-state index in [0.717, 1.165) is 67.8 Å². The summed E-state index contributed by atoms with van der Waals surface area (Å²) in [4.78, 5) is 4.83. The highest BCUT2D eigenvalue weighted by molar-refractivity contribution is 6.12. The molecule has 0 radical (unpaired) electrons. The molecule has 4 heteroatoms. The van der Waals surface area contributed by atoms with E-state index in [9.17, 15) is 0 Å². The third kappa shape index (κ3) is 7.79. The first kappa shape index (κ1) is 44.5. The zero-order valence-corrected chi connectivity index (χ0v) is 41.7. The summed E-state index contributed by atoms with van der Waals surface area (Å²) in [5, 5.41) is 4.85. The lowest BCUT2D eigenvalue weighted by Crippen LogP contribution is -2.11. The molecular formula is C72H50N4. The highest BCUT2D eigenvalue weighted by atomic mass is 15.2. The molecule has 0 fully saturated rings. The number of hydrogen-bond donors (Lipinski definition) is 0. The van der Waals surface area contributed by atoms with Crippen LogP contribution < -0.4 is 9.80 Å². The fourth-order valence-corrected chi connectivity index (χ4v) is 11.4. The summed E-state index contributed by atoms with van der Waals surface area (Å²) < 4.78 is 4.75. The van der Waals surface area contributed by atoms with Gasteiger partial charge in [-0.05, 0) is 131 Å². The first-order valence-corrected chi connectivity index (χ1v) is 26.0. The maximum atomic E-state index is 2.42. The van der Waals surface area contributed by atoms with Gasteiger partial charge in [0.15, 0.2) is 0 Å². The SMILES string of the molecule is c1ccc(-c2ccccc2N(c2ccc(-c3ccc(N(c4ccc5c(c4)c4ccccc4n5-c4ccccc4)c4ccccc4-c4ccccc4)cc3)cc2)c2ccc3c(c2)c2ccccc2n3-c2ccccc2)cc1. The topological polar surface area (TPSA) is 16.3 Å². The van der Waals surface area contributed by atoms with Gasteiger partial charge in [0, 0.05) is 66.8 Å². The van der Waals surface area contributed by atoms with Gasteiger partial charge in [-0.1, -0.05) is 194 Å². The van der Waals surface area contributed by atoms with Crippen molar-refractivity contribution in [3.8, 4) is 44.8 Å². The zero-order valence-electron chi connectivity index (χ0n) is 41.7. The highest BCUT2D eigenvalue weighted by Crippen LogP contribution is 2.46. The van der Waals surface area contributed by atoms with Crippen molar-refractivity contribution in [1.29, 1.82) is 0 Å². The molecule has 0 aliphatic rings. The lowest BCUT2D eigenvalue weighted by Gasteiger charge is -2.28. The van der Waals surface area contributed by atoms with Crippen LogP contribution in [0.15, 0.2) is 303 Å². The predicted molar refractivity (Wildman–Crippen MR) is 321 cm³/mol. The van der Waals surface area contributed by atoms with E-state index in [4.69, 9.17) is 0 Å². The fourth-order valence-electron chi connectivity index (χ4n) is 11.4. The Kier molecular flexibility index (Phi) is 11.2. The van der Waals surface area contributed by atoms with Crippen molar-refractivity contribution in [1.82, 2.24) is 9.13 Å². The lowest BCUT2D eigenvalue weighted by atomic mass is 10.00. The molecule has 14 rings (SSSR count). The van der Waals surface area contributed by atoms with Crippen LogP contribution in [0, 0.1) is 0 Å². The number of fused-ring (bicyclic) bond motifs is 6. The Morgan fingerprint density at radius 1 is 0.211 bits per heavy atom. The third-order valence-electron chi connectivity index (χ3n) is 14.9. The second-order valence-electron chi connectivity index (χ2n) is 19.3. The zero-order chi connectivity index (χ0) is 50.4. The van der Waals surface area contributed by atoms with Crippen molar-refractivity contribution in [2.24, 2.45) is 0 Å². The summed E-state index contributed by atoms with van der Waals surface area (Å²) >= 11 is 0. The quantitative estimate of drug-likeness (QED) is 0.128. The maximum Gasteiger partial charge on any atom is 0.0542 e. The summed E-state index contributed by atoms with van der Waals surface area (Å²) in [6, 6.07) is 110. The molecule has 0 atom stereocenters.